The molecule has 0 spiro atoms. The molecular weight excluding hydrogens is 356 g/mol. The molecule has 1 aromatic heterocycles. The first-order chi connectivity index (χ1) is 13.5. The van der Waals surface area contributed by atoms with Gasteiger partial charge >= 0.3 is 5.69 Å². The molecule has 28 heavy (non-hydrogen) atoms. The van der Waals surface area contributed by atoms with Crippen molar-refractivity contribution in [1.82, 2.24) is 14.9 Å². The molecule has 1 amide bonds. The Labute approximate surface area is 161 Å². The molecular formula is C21H22N4O3. The molecule has 4 N–H and O–H groups in total. The second-order valence-electron chi connectivity index (χ2n) is 7.15. The van der Waals surface area contributed by atoms with Crippen LogP contribution in [0.5, 0.6) is 0 Å². The Morgan fingerprint density at radius 1 is 1.21 bits per heavy atom. The fourth-order valence-electron chi connectivity index (χ4n) is 3.93. The van der Waals surface area contributed by atoms with Gasteiger partial charge in [-0.15, -0.1) is 0 Å². The number of hydrogen-bond donors (Lipinski definition) is 3. The predicted molar refractivity (Wildman–Crippen MR) is 108 cm³/mol. The van der Waals surface area contributed by atoms with Crippen molar-refractivity contribution in [3.8, 4) is 0 Å². The Balaban J connectivity index is 1.50. The van der Waals surface area contributed by atoms with E-state index in [1.165, 1.54) is 10.1 Å². The molecule has 0 bridgehead atoms. The molecule has 0 aliphatic heterocycles. The van der Waals surface area contributed by atoms with Crippen molar-refractivity contribution in [3.63, 3.8) is 0 Å². The van der Waals surface area contributed by atoms with E-state index < -0.39 is 11.2 Å². The largest absolute Gasteiger partial charge is 0.399 e. The minimum absolute atomic E-state index is 0.0408. The summed E-state index contributed by atoms with van der Waals surface area (Å²) in [7, 11) is 0. The van der Waals surface area contributed by atoms with Gasteiger partial charge in [-0.25, -0.2) is 4.79 Å². The number of carbonyl (C=O) groups is 1. The number of aromatic amines is 1. The van der Waals surface area contributed by atoms with Gasteiger partial charge in [-0.3, -0.25) is 19.1 Å². The number of para-hydroxylation sites is 1. The number of hydrogen-bond acceptors (Lipinski definition) is 4. The van der Waals surface area contributed by atoms with Gasteiger partial charge in [0.05, 0.1) is 16.9 Å². The first kappa shape index (κ1) is 18.0. The zero-order valence-corrected chi connectivity index (χ0v) is 15.4. The van der Waals surface area contributed by atoms with Gasteiger partial charge in [0, 0.05) is 18.7 Å². The van der Waals surface area contributed by atoms with Crippen molar-refractivity contribution < 1.29 is 4.79 Å². The molecule has 0 saturated carbocycles. The highest BCUT2D eigenvalue weighted by Gasteiger charge is 2.22. The third kappa shape index (κ3) is 3.43. The van der Waals surface area contributed by atoms with Gasteiger partial charge in [0.15, 0.2) is 0 Å². The summed E-state index contributed by atoms with van der Waals surface area (Å²) in [4.78, 5) is 39.0. The minimum Gasteiger partial charge on any atom is -0.399 e. The predicted octanol–water partition coefficient (Wildman–Crippen LogP) is 1.86. The SMILES string of the molecule is Nc1ccc2c(c1)CCCC2NC(=O)CCn1c(=O)[nH]c(=O)c2ccccc21. The van der Waals surface area contributed by atoms with Gasteiger partial charge in [0.25, 0.3) is 5.56 Å². The molecule has 1 aliphatic carbocycles. The summed E-state index contributed by atoms with van der Waals surface area (Å²) in [6.07, 6.45) is 2.98. The van der Waals surface area contributed by atoms with Crippen LogP contribution in [0.4, 0.5) is 5.69 Å². The van der Waals surface area contributed by atoms with Gasteiger partial charge in [0.1, 0.15) is 0 Å². The first-order valence-corrected chi connectivity index (χ1v) is 9.42. The fourth-order valence-corrected chi connectivity index (χ4v) is 3.93. The molecule has 4 rings (SSSR count). The normalized spacial score (nSPS) is 15.9. The van der Waals surface area contributed by atoms with Gasteiger partial charge < -0.3 is 11.1 Å². The van der Waals surface area contributed by atoms with Crippen LogP contribution in [-0.4, -0.2) is 15.5 Å². The van der Waals surface area contributed by atoms with Gasteiger partial charge in [0.2, 0.25) is 5.91 Å². The Morgan fingerprint density at radius 3 is 2.89 bits per heavy atom. The van der Waals surface area contributed by atoms with E-state index in [9.17, 15) is 14.4 Å². The highest BCUT2D eigenvalue weighted by molar-refractivity contribution is 5.79. The van der Waals surface area contributed by atoms with Gasteiger partial charge in [-0.05, 0) is 54.7 Å². The summed E-state index contributed by atoms with van der Waals surface area (Å²) in [6, 6.07) is 12.7. The maximum atomic E-state index is 12.6. The second kappa shape index (κ2) is 7.34. The minimum atomic E-state index is -0.505. The van der Waals surface area contributed by atoms with E-state index in [1.807, 2.05) is 18.2 Å². The monoisotopic (exact) mass is 378 g/mol. The van der Waals surface area contributed by atoms with E-state index in [0.29, 0.717) is 10.9 Å². The van der Waals surface area contributed by atoms with Crippen LogP contribution < -0.4 is 22.3 Å². The molecule has 0 saturated heterocycles. The number of nitrogens with two attached hydrogens (primary N) is 1. The number of anilines is 1. The standard InChI is InChI=1S/C21H22N4O3/c22-14-8-9-15-13(12-14)4-3-6-17(15)23-19(26)10-11-25-18-7-2-1-5-16(18)20(27)24-21(25)28/h1-2,5,7-9,12,17H,3-4,6,10-11,22H2,(H,23,26)(H,24,27,28). The molecule has 3 aromatic rings. The molecule has 1 aliphatic rings. The first-order valence-electron chi connectivity index (χ1n) is 9.42. The number of nitrogens with zero attached hydrogens (tertiary/aromatic N) is 1. The summed E-state index contributed by atoms with van der Waals surface area (Å²) in [6.45, 7) is 0.198. The number of aryl methyl sites for hydroxylation is 2. The van der Waals surface area contributed by atoms with Gasteiger partial charge in [-0.2, -0.15) is 0 Å². The van der Waals surface area contributed by atoms with Crippen molar-refractivity contribution in [2.24, 2.45) is 0 Å². The van der Waals surface area contributed by atoms with E-state index in [0.717, 1.165) is 30.5 Å². The summed E-state index contributed by atoms with van der Waals surface area (Å²) in [5, 5.41) is 3.51. The van der Waals surface area contributed by atoms with Crippen LogP contribution >= 0.6 is 0 Å². The maximum absolute atomic E-state index is 12.6. The average Bonchev–Trinajstić information content (AvgIpc) is 2.68. The van der Waals surface area contributed by atoms with Crippen LogP contribution in [0.25, 0.3) is 10.9 Å². The lowest BCUT2D eigenvalue weighted by Crippen LogP contribution is -2.34. The molecule has 1 unspecified atom stereocenters. The lowest BCUT2D eigenvalue weighted by Gasteiger charge is -2.26. The van der Waals surface area contributed by atoms with Crippen LogP contribution in [0.2, 0.25) is 0 Å². The highest BCUT2D eigenvalue weighted by Crippen LogP contribution is 2.31. The Bertz CT molecular complexity index is 1160. The molecule has 7 heteroatoms. The third-order valence-corrected chi connectivity index (χ3v) is 5.28. The third-order valence-electron chi connectivity index (χ3n) is 5.28. The number of rotatable bonds is 4. The number of aromatic nitrogens is 2. The van der Waals surface area contributed by atoms with Crippen molar-refractivity contribution >= 4 is 22.5 Å². The quantitative estimate of drug-likeness (QED) is 0.602. The number of carbonyl (C=O) groups excluding carboxylic acids is 1. The molecule has 1 atom stereocenters. The van der Waals surface area contributed by atoms with Crippen molar-refractivity contribution in [3.05, 3.63) is 74.4 Å². The molecule has 1 heterocycles. The molecule has 7 nitrogen and oxygen atoms in total. The van der Waals surface area contributed by atoms with Crippen molar-refractivity contribution in [2.75, 3.05) is 5.73 Å². The summed E-state index contributed by atoms with van der Waals surface area (Å²) >= 11 is 0. The number of nitrogen functional groups attached to an aromatic ring is 1. The molecule has 2 aromatic carbocycles. The van der Waals surface area contributed by atoms with E-state index in [-0.39, 0.29) is 24.9 Å². The zero-order valence-electron chi connectivity index (χ0n) is 15.4. The van der Waals surface area contributed by atoms with Crippen molar-refractivity contribution in [2.45, 2.75) is 38.3 Å². The van der Waals surface area contributed by atoms with E-state index in [4.69, 9.17) is 5.73 Å². The van der Waals surface area contributed by atoms with E-state index in [2.05, 4.69) is 10.3 Å². The maximum Gasteiger partial charge on any atom is 0.328 e. The number of H-pyrrole nitrogens is 1. The highest BCUT2D eigenvalue weighted by atomic mass is 16.2. The van der Waals surface area contributed by atoms with Crippen LogP contribution in [0.15, 0.2) is 52.1 Å². The smallest absolute Gasteiger partial charge is 0.328 e. The summed E-state index contributed by atoms with van der Waals surface area (Å²) in [5.74, 6) is -0.128. The lowest BCUT2D eigenvalue weighted by atomic mass is 9.87. The van der Waals surface area contributed by atoms with E-state index in [1.54, 1.807) is 24.3 Å². The number of amides is 1. The Hall–Kier alpha value is -3.35. The average molecular weight is 378 g/mol. The van der Waals surface area contributed by atoms with E-state index >= 15 is 0 Å². The van der Waals surface area contributed by atoms with Crippen LogP contribution in [0, 0.1) is 0 Å². The van der Waals surface area contributed by atoms with Gasteiger partial charge in [-0.1, -0.05) is 18.2 Å². The second-order valence-corrected chi connectivity index (χ2v) is 7.15. The number of nitrogens with one attached hydrogen (secondary N) is 2. The molecule has 144 valence electrons. The number of fused-ring (bicyclic) bond motifs is 2. The van der Waals surface area contributed by atoms with Crippen LogP contribution in [0.3, 0.4) is 0 Å². The Kier molecular flexibility index (Phi) is 4.73. The van der Waals surface area contributed by atoms with Crippen molar-refractivity contribution in [1.29, 1.82) is 0 Å². The topological polar surface area (TPSA) is 110 Å². The summed E-state index contributed by atoms with van der Waals surface area (Å²) in [5.41, 5.74) is 8.50. The molecule has 0 radical (unpaired) electrons. The summed E-state index contributed by atoms with van der Waals surface area (Å²) < 4.78 is 1.44. The lowest BCUT2D eigenvalue weighted by molar-refractivity contribution is -0.122. The Morgan fingerprint density at radius 2 is 2.04 bits per heavy atom. The van der Waals surface area contributed by atoms with Crippen LogP contribution in [0.1, 0.15) is 36.4 Å². The molecule has 0 fully saturated rings. The number of benzene rings is 2. The van der Waals surface area contributed by atoms with Crippen LogP contribution in [-0.2, 0) is 17.8 Å². The fraction of sp³-hybridized carbons (Fsp3) is 0.286. The zero-order chi connectivity index (χ0) is 19.7.